The maximum Gasteiger partial charge on any atom is 0.289 e. The molecule has 0 aromatic heterocycles. The SMILES string of the molecule is Cc1cc([N+](=O)[O-])c(S(=O)(=O)NC2CCNC(C)C2)cc1C.Cl. The Bertz CT molecular complexity index is 694. The van der Waals surface area contributed by atoms with Crippen molar-refractivity contribution in [3.8, 4) is 0 Å². The van der Waals surface area contributed by atoms with Crippen molar-refractivity contribution in [3.63, 3.8) is 0 Å². The average molecular weight is 364 g/mol. The Balaban J connectivity index is 0.00000264. The van der Waals surface area contributed by atoms with Crippen molar-refractivity contribution in [1.82, 2.24) is 10.0 Å². The number of halogens is 1. The van der Waals surface area contributed by atoms with E-state index in [1.807, 2.05) is 6.92 Å². The minimum atomic E-state index is -3.92. The Morgan fingerprint density at radius 1 is 1.30 bits per heavy atom. The van der Waals surface area contributed by atoms with Crippen LogP contribution in [0.15, 0.2) is 17.0 Å². The van der Waals surface area contributed by atoms with E-state index in [0.29, 0.717) is 24.0 Å². The number of hydrogen-bond donors (Lipinski definition) is 2. The van der Waals surface area contributed by atoms with Crippen LogP contribution in [0.25, 0.3) is 0 Å². The van der Waals surface area contributed by atoms with Crippen LogP contribution in [0.3, 0.4) is 0 Å². The number of hydrogen-bond acceptors (Lipinski definition) is 5. The molecule has 23 heavy (non-hydrogen) atoms. The zero-order valence-corrected chi connectivity index (χ0v) is 15.0. The number of benzene rings is 1. The molecule has 1 fully saturated rings. The number of aryl methyl sites for hydroxylation is 2. The van der Waals surface area contributed by atoms with Crippen molar-refractivity contribution in [2.24, 2.45) is 0 Å². The van der Waals surface area contributed by atoms with Gasteiger partial charge in [-0.3, -0.25) is 10.1 Å². The van der Waals surface area contributed by atoms with Crippen LogP contribution in [0.5, 0.6) is 0 Å². The van der Waals surface area contributed by atoms with Crippen LogP contribution in [0.2, 0.25) is 0 Å². The Morgan fingerprint density at radius 2 is 1.91 bits per heavy atom. The number of nitrogens with one attached hydrogen (secondary N) is 2. The highest BCUT2D eigenvalue weighted by atomic mass is 35.5. The van der Waals surface area contributed by atoms with Gasteiger partial charge in [-0.1, -0.05) is 0 Å². The lowest BCUT2D eigenvalue weighted by Gasteiger charge is -2.28. The molecule has 9 heteroatoms. The first kappa shape index (κ1) is 19.8. The van der Waals surface area contributed by atoms with E-state index in [0.717, 1.165) is 6.54 Å². The van der Waals surface area contributed by atoms with Crippen LogP contribution in [-0.2, 0) is 10.0 Å². The van der Waals surface area contributed by atoms with Gasteiger partial charge in [-0.15, -0.1) is 12.4 Å². The van der Waals surface area contributed by atoms with E-state index in [1.54, 1.807) is 13.8 Å². The molecule has 0 aliphatic carbocycles. The zero-order chi connectivity index (χ0) is 16.5. The summed E-state index contributed by atoms with van der Waals surface area (Å²) >= 11 is 0. The molecule has 0 amide bonds. The van der Waals surface area contributed by atoms with E-state index in [4.69, 9.17) is 0 Å². The number of sulfonamides is 1. The maximum absolute atomic E-state index is 12.6. The monoisotopic (exact) mass is 363 g/mol. The van der Waals surface area contributed by atoms with Crippen LogP contribution in [0.4, 0.5) is 5.69 Å². The van der Waals surface area contributed by atoms with Crippen LogP contribution in [-0.4, -0.2) is 32.0 Å². The molecule has 1 aliphatic rings. The molecule has 1 heterocycles. The summed E-state index contributed by atoms with van der Waals surface area (Å²) in [7, 11) is -3.92. The average Bonchev–Trinajstić information content (AvgIpc) is 2.40. The van der Waals surface area contributed by atoms with Crippen LogP contribution < -0.4 is 10.0 Å². The molecule has 0 saturated carbocycles. The number of nitro groups is 1. The van der Waals surface area contributed by atoms with Gasteiger partial charge in [0.25, 0.3) is 5.69 Å². The summed E-state index contributed by atoms with van der Waals surface area (Å²) in [5.74, 6) is 0. The molecule has 130 valence electrons. The van der Waals surface area contributed by atoms with Crippen molar-refractivity contribution in [2.75, 3.05) is 6.54 Å². The van der Waals surface area contributed by atoms with Gasteiger partial charge in [0.2, 0.25) is 10.0 Å². The van der Waals surface area contributed by atoms with Gasteiger partial charge < -0.3 is 5.32 Å². The molecule has 1 aliphatic heterocycles. The second-order valence-corrected chi connectivity index (χ2v) is 7.54. The lowest BCUT2D eigenvalue weighted by atomic mass is 10.0. The van der Waals surface area contributed by atoms with Crippen molar-refractivity contribution in [3.05, 3.63) is 33.4 Å². The topological polar surface area (TPSA) is 101 Å². The summed E-state index contributed by atoms with van der Waals surface area (Å²) in [5.41, 5.74) is 1.03. The van der Waals surface area contributed by atoms with Crippen molar-refractivity contribution in [1.29, 1.82) is 0 Å². The third-order valence-electron chi connectivity index (χ3n) is 4.01. The Labute approximate surface area is 142 Å². The molecule has 2 rings (SSSR count). The smallest absolute Gasteiger partial charge is 0.289 e. The summed E-state index contributed by atoms with van der Waals surface area (Å²) in [6.45, 7) is 6.17. The van der Waals surface area contributed by atoms with Gasteiger partial charge in [0, 0.05) is 18.2 Å². The van der Waals surface area contributed by atoms with E-state index in [-0.39, 0.29) is 35.1 Å². The van der Waals surface area contributed by atoms with Crippen LogP contribution >= 0.6 is 12.4 Å². The summed E-state index contributed by atoms with van der Waals surface area (Å²) < 4.78 is 27.7. The quantitative estimate of drug-likeness (QED) is 0.629. The molecule has 2 unspecified atom stereocenters. The summed E-state index contributed by atoms with van der Waals surface area (Å²) in [4.78, 5) is 10.3. The van der Waals surface area contributed by atoms with Gasteiger partial charge in [0.15, 0.2) is 4.90 Å². The Morgan fingerprint density at radius 3 is 2.48 bits per heavy atom. The third kappa shape index (κ3) is 4.63. The minimum absolute atomic E-state index is 0. The molecule has 0 radical (unpaired) electrons. The number of nitrogens with zero attached hydrogens (tertiary/aromatic N) is 1. The molecule has 1 aromatic carbocycles. The van der Waals surface area contributed by atoms with Gasteiger partial charge in [0.1, 0.15) is 0 Å². The molecule has 0 bridgehead atoms. The highest BCUT2D eigenvalue weighted by molar-refractivity contribution is 7.89. The first-order valence-corrected chi connectivity index (χ1v) is 8.70. The minimum Gasteiger partial charge on any atom is -0.314 e. The van der Waals surface area contributed by atoms with Gasteiger partial charge >= 0.3 is 0 Å². The normalized spacial score (nSPS) is 21.5. The first-order chi connectivity index (χ1) is 10.2. The molecule has 1 saturated heterocycles. The number of rotatable bonds is 4. The van der Waals surface area contributed by atoms with E-state index in [9.17, 15) is 18.5 Å². The predicted octanol–water partition coefficient (Wildman–Crippen LogP) is 2.05. The highest BCUT2D eigenvalue weighted by Crippen LogP contribution is 2.28. The molecule has 2 N–H and O–H groups in total. The standard InChI is InChI=1S/C14H21N3O4S.ClH/c1-9-6-13(17(18)19)14(7-10(9)2)22(20,21)16-12-4-5-15-11(3)8-12;/h6-7,11-12,15-16H,4-5,8H2,1-3H3;1H. The highest BCUT2D eigenvalue weighted by Gasteiger charge is 2.30. The lowest BCUT2D eigenvalue weighted by Crippen LogP contribution is -2.46. The fourth-order valence-electron chi connectivity index (χ4n) is 2.65. The number of nitro benzene ring substituents is 1. The molecular formula is C14H22ClN3O4S. The van der Waals surface area contributed by atoms with Gasteiger partial charge in [-0.2, -0.15) is 0 Å². The Hall–Kier alpha value is -1.22. The van der Waals surface area contributed by atoms with E-state index >= 15 is 0 Å². The Kier molecular flexibility index (Phi) is 6.52. The predicted molar refractivity (Wildman–Crippen MR) is 90.6 cm³/mol. The number of piperidine rings is 1. The lowest BCUT2D eigenvalue weighted by molar-refractivity contribution is -0.387. The molecule has 0 spiro atoms. The summed E-state index contributed by atoms with van der Waals surface area (Å²) in [6, 6.07) is 2.70. The fourth-order valence-corrected chi connectivity index (χ4v) is 4.17. The van der Waals surface area contributed by atoms with Crippen molar-refractivity contribution >= 4 is 28.1 Å². The molecular weight excluding hydrogens is 342 g/mol. The van der Waals surface area contributed by atoms with Crippen LogP contribution in [0, 0.1) is 24.0 Å². The van der Waals surface area contributed by atoms with Crippen molar-refractivity contribution in [2.45, 2.75) is 50.6 Å². The van der Waals surface area contributed by atoms with Gasteiger partial charge in [0.05, 0.1) is 4.92 Å². The van der Waals surface area contributed by atoms with E-state index in [2.05, 4.69) is 10.0 Å². The van der Waals surface area contributed by atoms with Gasteiger partial charge in [-0.25, -0.2) is 13.1 Å². The maximum atomic E-state index is 12.6. The third-order valence-corrected chi connectivity index (χ3v) is 5.56. The summed E-state index contributed by atoms with van der Waals surface area (Å²) in [6.07, 6.45) is 1.33. The van der Waals surface area contributed by atoms with Crippen LogP contribution in [0.1, 0.15) is 30.9 Å². The second-order valence-electron chi connectivity index (χ2n) is 5.86. The van der Waals surface area contributed by atoms with E-state index < -0.39 is 14.9 Å². The molecule has 1 aromatic rings. The van der Waals surface area contributed by atoms with Crippen molar-refractivity contribution < 1.29 is 13.3 Å². The molecule has 2 atom stereocenters. The second kappa shape index (κ2) is 7.57. The van der Waals surface area contributed by atoms with E-state index in [1.165, 1.54) is 12.1 Å². The zero-order valence-electron chi connectivity index (χ0n) is 13.3. The fraction of sp³-hybridized carbons (Fsp3) is 0.571. The summed E-state index contributed by atoms with van der Waals surface area (Å²) in [5, 5.41) is 14.4. The molecule has 7 nitrogen and oxygen atoms in total. The first-order valence-electron chi connectivity index (χ1n) is 7.22. The largest absolute Gasteiger partial charge is 0.314 e. The van der Waals surface area contributed by atoms with Gasteiger partial charge in [-0.05, 0) is 57.4 Å².